The number of carboxylic acid groups (broad SMARTS) is 2. The van der Waals surface area contributed by atoms with Gasteiger partial charge < -0.3 is 34.0 Å². The van der Waals surface area contributed by atoms with E-state index in [-0.39, 0.29) is 61.9 Å². The van der Waals surface area contributed by atoms with Gasteiger partial charge in [0, 0.05) is 5.56 Å². The molecule has 0 aliphatic carbocycles. The number of hydrogen-bond donors (Lipinski definition) is 2. The van der Waals surface area contributed by atoms with Gasteiger partial charge in [-0.05, 0) is 83.9 Å². The molecule has 13 heteroatoms. The second-order valence-corrected chi connectivity index (χ2v) is 10.9. The molecule has 0 fully saturated rings. The molecule has 2 N–H and O–H groups in total. The Morgan fingerprint density at radius 2 is 1.22 bits per heavy atom. The van der Waals surface area contributed by atoms with Crippen molar-refractivity contribution < 1.29 is 53.3 Å². The molecule has 0 unspecified atom stereocenters. The topological polar surface area (TPSA) is 147 Å². The molecule has 0 aromatic heterocycles. The van der Waals surface area contributed by atoms with Gasteiger partial charge >= 0.3 is 17.9 Å². The zero-order chi connectivity index (χ0) is 36.3. The van der Waals surface area contributed by atoms with Crippen molar-refractivity contribution in [1.82, 2.24) is 0 Å². The van der Waals surface area contributed by atoms with Gasteiger partial charge in [-0.15, -0.1) is 0 Å². The molecule has 0 radical (unpaired) electrons. The standard InChI is InChI=1S/C38H22Cl2O11/c1-2-46-28-11-13-30(37(43)44)31(21-28)38(45)50-34-14-8-23(19-32(34)39)24-9-15-35(33(40)20-24)51-49-22-25-18-27(10-12-29(25)36(41)42)48-17-16-47-26-6-4-3-5-7-26/h1,3-15,18-21H,22H2,(H,41,42)(H,43,44). The lowest BCUT2D eigenvalue weighted by Crippen LogP contribution is -2.14. The highest BCUT2D eigenvalue weighted by molar-refractivity contribution is 6.33. The van der Waals surface area contributed by atoms with Gasteiger partial charge in [-0.2, -0.15) is 4.89 Å². The number of carbonyl (C=O) groups is 3. The number of aromatic carboxylic acids is 2. The van der Waals surface area contributed by atoms with Gasteiger partial charge in [-0.3, -0.25) is 0 Å². The Kier molecular flexibility index (Phi) is 11.6. The third kappa shape index (κ3) is 9.29. The Morgan fingerprint density at radius 1 is 0.627 bits per heavy atom. The molecule has 0 aliphatic rings. The molecule has 0 saturated heterocycles. The smallest absolute Gasteiger partial charge is 0.344 e. The third-order valence-electron chi connectivity index (χ3n) is 6.81. The monoisotopic (exact) mass is 724 g/mol. The summed E-state index contributed by atoms with van der Waals surface area (Å²) < 4.78 is 20.9. The minimum Gasteiger partial charge on any atom is -0.478 e. The number of esters is 1. The minimum atomic E-state index is -1.36. The summed E-state index contributed by atoms with van der Waals surface area (Å²) in [6.07, 6.45) is 11.9. The molecule has 0 spiro atoms. The van der Waals surface area contributed by atoms with Crippen molar-refractivity contribution in [2.45, 2.75) is 6.61 Å². The molecule has 0 saturated carbocycles. The largest absolute Gasteiger partial charge is 0.478 e. The normalized spacial score (nSPS) is 10.1. The lowest BCUT2D eigenvalue weighted by atomic mass is 10.1. The zero-order valence-electron chi connectivity index (χ0n) is 25.9. The first-order valence-corrected chi connectivity index (χ1v) is 15.2. The summed E-state index contributed by atoms with van der Waals surface area (Å²) >= 11 is 12.9. The summed E-state index contributed by atoms with van der Waals surface area (Å²) in [4.78, 5) is 47.0. The molecule has 0 atom stereocenters. The van der Waals surface area contributed by atoms with Crippen molar-refractivity contribution in [3.05, 3.63) is 135 Å². The number of benzene rings is 5. The van der Waals surface area contributed by atoms with Crippen LogP contribution in [0.5, 0.6) is 28.7 Å². The van der Waals surface area contributed by atoms with Crippen molar-refractivity contribution in [3.8, 4) is 64.6 Å². The number of halogens is 2. The van der Waals surface area contributed by atoms with E-state index in [1.54, 1.807) is 42.5 Å². The number of carboxylic acids is 2. The fraction of sp³-hybridized carbons (Fsp3) is 0.0263. The van der Waals surface area contributed by atoms with E-state index in [0.717, 1.165) is 6.07 Å². The molecule has 51 heavy (non-hydrogen) atoms. The van der Waals surface area contributed by atoms with Gasteiger partial charge in [-0.25, -0.2) is 14.4 Å². The van der Waals surface area contributed by atoms with Crippen molar-refractivity contribution in [2.24, 2.45) is 0 Å². The Balaban J connectivity index is 1.22. The lowest BCUT2D eigenvalue weighted by Gasteiger charge is -2.12. The SMILES string of the molecule is C#COc1ccc(C(=O)O)c(C(=O)Oc2ccc(-c3ccc(OOCc4cc(OC#COc5ccccc5)ccc4C(=O)O)c(Cl)c3)cc2Cl)c1. The number of rotatable bonds is 12. The van der Waals surface area contributed by atoms with Gasteiger partial charge in [0.1, 0.15) is 35.7 Å². The lowest BCUT2D eigenvalue weighted by molar-refractivity contribution is -0.217. The Bertz CT molecular complexity index is 2220. The highest BCUT2D eigenvalue weighted by atomic mass is 35.5. The van der Waals surface area contributed by atoms with Gasteiger partial charge in [0.15, 0.2) is 18.0 Å². The molecule has 0 bridgehead atoms. The molecule has 0 aliphatic heterocycles. The third-order valence-corrected chi connectivity index (χ3v) is 7.40. The van der Waals surface area contributed by atoms with Crippen LogP contribution in [0.1, 0.15) is 36.6 Å². The summed E-state index contributed by atoms with van der Waals surface area (Å²) in [6.45, 7) is -0.282. The molecule has 5 aromatic carbocycles. The second-order valence-electron chi connectivity index (χ2n) is 10.1. The van der Waals surface area contributed by atoms with Gasteiger partial charge in [0.2, 0.25) is 0 Å². The summed E-state index contributed by atoms with van der Waals surface area (Å²) in [6, 6.07) is 26.0. The van der Waals surface area contributed by atoms with E-state index in [2.05, 4.69) is 12.2 Å². The molecular formula is C38H22Cl2O11. The predicted octanol–water partition coefficient (Wildman–Crippen LogP) is 8.13. The average molecular weight is 725 g/mol. The van der Waals surface area contributed by atoms with Crippen LogP contribution >= 0.6 is 23.2 Å². The van der Waals surface area contributed by atoms with E-state index in [0.29, 0.717) is 16.9 Å². The van der Waals surface area contributed by atoms with Gasteiger partial charge in [0.25, 0.3) is 0 Å². The summed E-state index contributed by atoms with van der Waals surface area (Å²) in [7, 11) is 0. The Morgan fingerprint density at radius 3 is 1.82 bits per heavy atom. The van der Waals surface area contributed by atoms with E-state index >= 15 is 0 Å². The van der Waals surface area contributed by atoms with Crippen molar-refractivity contribution in [2.75, 3.05) is 0 Å². The molecule has 5 aromatic rings. The van der Waals surface area contributed by atoms with Gasteiger partial charge in [-0.1, -0.05) is 60.0 Å². The predicted molar refractivity (Wildman–Crippen MR) is 184 cm³/mol. The molecule has 0 amide bonds. The minimum absolute atomic E-state index is 0.0350. The summed E-state index contributed by atoms with van der Waals surface area (Å²) in [5.74, 6) is -2.58. The van der Waals surface area contributed by atoms with Crippen LogP contribution in [0.15, 0.2) is 103 Å². The van der Waals surface area contributed by atoms with Crippen LogP contribution in [-0.2, 0) is 11.5 Å². The van der Waals surface area contributed by atoms with Crippen molar-refractivity contribution in [1.29, 1.82) is 0 Å². The van der Waals surface area contributed by atoms with E-state index in [1.165, 1.54) is 48.5 Å². The van der Waals surface area contributed by atoms with E-state index in [4.69, 9.17) is 58.3 Å². The maximum Gasteiger partial charge on any atom is 0.344 e. The molecule has 0 heterocycles. The fourth-order valence-electron chi connectivity index (χ4n) is 4.44. The Labute approximate surface area is 300 Å². The summed E-state index contributed by atoms with van der Waals surface area (Å²) in [5, 5.41) is 19.3. The van der Waals surface area contributed by atoms with Crippen LogP contribution < -0.4 is 23.8 Å². The summed E-state index contributed by atoms with van der Waals surface area (Å²) in [5.41, 5.74) is 0.778. The molecule has 254 valence electrons. The highest BCUT2D eigenvalue weighted by Gasteiger charge is 2.21. The first kappa shape index (κ1) is 35.7. The van der Waals surface area contributed by atoms with Crippen LogP contribution in [0, 0.1) is 24.7 Å². The van der Waals surface area contributed by atoms with E-state index in [9.17, 15) is 24.6 Å². The molecule has 11 nitrogen and oxygen atoms in total. The van der Waals surface area contributed by atoms with Crippen LogP contribution in [0.3, 0.4) is 0 Å². The van der Waals surface area contributed by atoms with Crippen molar-refractivity contribution >= 4 is 41.1 Å². The van der Waals surface area contributed by atoms with Gasteiger partial charge in [0.05, 0.1) is 26.7 Å². The van der Waals surface area contributed by atoms with Crippen LogP contribution in [-0.4, -0.2) is 28.1 Å². The molecular weight excluding hydrogens is 703 g/mol. The first-order valence-electron chi connectivity index (χ1n) is 14.5. The van der Waals surface area contributed by atoms with E-state index < -0.39 is 17.9 Å². The molecule has 5 rings (SSSR count). The first-order chi connectivity index (χ1) is 24.6. The van der Waals surface area contributed by atoms with E-state index in [1.807, 2.05) is 12.2 Å². The fourth-order valence-corrected chi connectivity index (χ4v) is 4.87. The maximum atomic E-state index is 12.9. The number of hydrogen-bond acceptors (Lipinski definition) is 9. The Hall–Kier alpha value is -6.63. The second kappa shape index (κ2) is 16.7. The van der Waals surface area contributed by atoms with Crippen LogP contribution in [0.2, 0.25) is 10.0 Å². The number of para-hydroxylation sites is 1. The van der Waals surface area contributed by atoms with Crippen LogP contribution in [0.4, 0.5) is 0 Å². The maximum absolute atomic E-state index is 12.9. The number of carbonyl (C=O) groups excluding carboxylic acids is 1. The zero-order valence-corrected chi connectivity index (χ0v) is 27.4. The quantitative estimate of drug-likeness (QED) is 0.0423. The van der Waals surface area contributed by atoms with Crippen LogP contribution in [0.25, 0.3) is 11.1 Å². The average Bonchev–Trinajstić information content (AvgIpc) is 3.12. The number of ether oxygens (including phenoxy) is 4. The highest BCUT2D eigenvalue weighted by Crippen LogP contribution is 2.35. The van der Waals surface area contributed by atoms with Crippen molar-refractivity contribution in [3.63, 3.8) is 0 Å². The number of terminal acetylenes is 1.